The van der Waals surface area contributed by atoms with E-state index in [2.05, 4.69) is 14.5 Å². The second-order valence-electron chi connectivity index (χ2n) is 4.69. The number of aromatic nitrogens is 1. The topological polar surface area (TPSA) is 188 Å². The Bertz CT molecular complexity index is 713. The van der Waals surface area contributed by atoms with Crippen LogP contribution in [0.1, 0.15) is 23.2 Å². The Morgan fingerprint density at radius 3 is 2.54 bits per heavy atom. The number of pyridine rings is 1. The number of aryl methyl sites for hydroxylation is 1. The Morgan fingerprint density at radius 1 is 1.42 bits per heavy atom. The molecule has 1 atom stereocenters. The van der Waals surface area contributed by atoms with Crippen molar-refractivity contribution >= 4 is 26.0 Å². The molecule has 11 nitrogen and oxygen atoms in total. The first-order valence-electron chi connectivity index (χ1n) is 6.42. The molecule has 6 N–H and O–H groups in total. The van der Waals surface area contributed by atoms with E-state index >= 15 is 0 Å². The van der Waals surface area contributed by atoms with Gasteiger partial charge in [-0.1, -0.05) is 0 Å². The molecular formula is C12H16N2O9P+. The molecule has 1 aromatic rings. The monoisotopic (exact) mass is 363 g/mol. The van der Waals surface area contributed by atoms with Gasteiger partial charge in [0.1, 0.15) is 12.2 Å². The molecule has 0 radical (unpaired) electrons. The maximum absolute atomic E-state index is 11.0. The van der Waals surface area contributed by atoms with Crippen LogP contribution in [-0.2, 0) is 25.3 Å². The van der Waals surface area contributed by atoms with E-state index in [1.807, 2.05) is 0 Å². The first-order valence-corrected chi connectivity index (χ1v) is 7.95. The fourth-order valence-corrected chi connectivity index (χ4v) is 1.97. The Balaban J connectivity index is 3.17. The van der Waals surface area contributed by atoms with E-state index in [-0.39, 0.29) is 22.6 Å². The van der Waals surface area contributed by atoms with Crippen molar-refractivity contribution in [2.75, 3.05) is 0 Å². The minimum Gasteiger partial charge on any atom is -0.505 e. The number of nitrogens with zero attached hydrogens (tertiary/aromatic N) is 1. The molecule has 1 unspecified atom stereocenters. The Morgan fingerprint density at radius 2 is 2.04 bits per heavy atom. The highest BCUT2D eigenvalue weighted by molar-refractivity contribution is 7.46. The van der Waals surface area contributed by atoms with Gasteiger partial charge in [0.15, 0.2) is 6.21 Å². The molecule has 0 saturated heterocycles. The van der Waals surface area contributed by atoms with Crippen LogP contribution in [0.15, 0.2) is 6.20 Å². The second-order valence-corrected chi connectivity index (χ2v) is 5.93. The third-order valence-electron chi connectivity index (χ3n) is 2.85. The van der Waals surface area contributed by atoms with Crippen LogP contribution >= 0.6 is 7.82 Å². The van der Waals surface area contributed by atoms with Crippen molar-refractivity contribution in [2.24, 2.45) is 0 Å². The molecule has 0 spiro atoms. The summed E-state index contributed by atoms with van der Waals surface area (Å²) in [6.45, 7) is 0.849. The van der Waals surface area contributed by atoms with E-state index in [0.717, 1.165) is 6.21 Å². The number of carboxylic acids is 2. The summed E-state index contributed by atoms with van der Waals surface area (Å²) in [7, 11) is -4.77. The van der Waals surface area contributed by atoms with Crippen LogP contribution in [0.2, 0.25) is 0 Å². The fraction of sp³-hybridized carbons (Fsp3) is 0.333. The predicted octanol–water partition coefficient (Wildman–Crippen LogP) is -1.87. The molecule has 132 valence electrons. The normalized spacial score (nSPS) is 13.1. The average molecular weight is 363 g/mol. The van der Waals surface area contributed by atoms with Crippen molar-refractivity contribution in [3.05, 3.63) is 23.0 Å². The van der Waals surface area contributed by atoms with Crippen molar-refractivity contribution in [3.63, 3.8) is 0 Å². The number of hydrogen-bond donors (Lipinski definition) is 6. The summed E-state index contributed by atoms with van der Waals surface area (Å²) < 4.78 is 15.1. The molecule has 0 saturated carbocycles. The number of nitrogens with one attached hydrogen (secondary N) is 1. The summed E-state index contributed by atoms with van der Waals surface area (Å²) in [5.74, 6) is -3.14. The quantitative estimate of drug-likeness (QED) is 0.225. The van der Waals surface area contributed by atoms with Crippen LogP contribution in [0.25, 0.3) is 0 Å². The molecule has 1 rings (SSSR count). The molecule has 0 aliphatic heterocycles. The van der Waals surface area contributed by atoms with Gasteiger partial charge < -0.3 is 25.1 Å². The zero-order chi connectivity index (χ0) is 18.5. The van der Waals surface area contributed by atoms with Crippen molar-refractivity contribution in [1.29, 1.82) is 0 Å². The zero-order valence-electron chi connectivity index (χ0n) is 12.4. The highest BCUT2D eigenvalue weighted by Gasteiger charge is 2.25. The summed E-state index contributed by atoms with van der Waals surface area (Å²) in [4.78, 5) is 45.2. The van der Waals surface area contributed by atoms with E-state index in [1.54, 1.807) is 0 Å². The molecule has 1 heterocycles. The second kappa shape index (κ2) is 7.97. The maximum Gasteiger partial charge on any atom is 0.469 e. The lowest BCUT2D eigenvalue weighted by molar-refractivity contribution is -0.484. The van der Waals surface area contributed by atoms with Gasteiger partial charge in [-0.2, -0.15) is 0 Å². The largest absolute Gasteiger partial charge is 0.505 e. The number of aromatic hydroxyl groups is 1. The van der Waals surface area contributed by atoms with Crippen molar-refractivity contribution in [2.45, 2.75) is 26.0 Å². The van der Waals surface area contributed by atoms with Gasteiger partial charge >= 0.3 is 19.8 Å². The van der Waals surface area contributed by atoms with E-state index in [4.69, 9.17) is 20.0 Å². The molecule has 12 heteroatoms. The Labute approximate surface area is 135 Å². The number of hydrogen-bond acceptors (Lipinski definition) is 6. The van der Waals surface area contributed by atoms with Gasteiger partial charge in [0.25, 0.3) is 6.04 Å². The molecule has 1 aromatic heterocycles. The molecular weight excluding hydrogens is 347 g/mol. The van der Waals surface area contributed by atoms with Crippen LogP contribution in [0.5, 0.6) is 5.75 Å². The van der Waals surface area contributed by atoms with Gasteiger partial charge in [-0.05, 0) is 6.92 Å². The molecule has 0 aliphatic carbocycles. The lowest BCUT2D eigenvalue weighted by Crippen LogP contribution is -2.79. The minimum absolute atomic E-state index is 0.0208. The van der Waals surface area contributed by atoms with Gasteiger partial charge in [-0.15, -0.1) is 0 Å². The first-order chi connectivity index (χ1) is 11.0. The fourth-order valence-electron chi connectivity index (χ4n) is 1.66. The van der Waals surface area contributed by atoms with Gasteiger partial charge in [0.05, 0.1) is 17.9 Å². The third kappa shape index (κ3) is 6.05. The standard InChI is InChI=1S/C12H15N2O9P/c1-6-11(17)8(4-14-9(12(18)19)2-10(15)16)7(3-13-6)5-23-24(20,21)22/h3-4,9,17H,2,5H2,1H3,(H,15,16)(H,18,19)(H2,20,21,22)/p+1. The van der Waals surface area contributed by atoms with Crippen molar-refractivity contribution in [1.82, 2.24) is 4.98 Å². The number of phosphoric ester groups is 1. The van der Waals surface area contributed by atoms with Crippen molar-refractivity contribution < 1.29 is 48.8 Å². The lowest BCUT2D eigenvalue weighted by Gasteiger charge is -2.09. The summed E-state index contributed by atoms with van der Waals surface area (Å²) in [6, 6.07) is -1.47. The summed E-state index contributed by atoms with van der Waals surface area (Å²) >= 11 is 0. The smallest absolute Gasteiger partial charge is 0.469 e. The summed E-state index contributed by atoms with van der Waals surface area (Å²) in [5.41, 5.74) is 0.217. The number of carboxylic acid groups (broad SMARTS) is 2. The average Bonchev–Trinajstić information content (AvgIpc) is 2.44. The van der Waals surface area contributed by atoms with Gasteiger partial charge in [0, 0.05) is 11.8 Å². The third-order valence-corrected chi connectivity index (χ3v) is 3.32. The van der Waals surface area contributed by atoms with Crippen molar-refractivity contribution in [3.8, 4) is 5.75 Å². The molecule has 0 aliphatic rings. The zero-order valence-corrected chi connectivity index (χ0v) is 13.3. The highest BCUT2D eigenvalue weighted by Crippen LogP contribution is 2.37. The summed E-state index contributed by atoms with van der Waals surface area (Å²) in [6.07, 6.45) is 1.50. The van der Waals surface area contributed by atoms with E-state index in [9.17, 15) is 19.3 Å². The number of carbonyl (C=O) groups is 2. The van der Waals surface area contributed by atoms with E-state index in [0.29, 0.717) is 0 Å². The predicted molar refractivity (Wildman–Crippen MR) is 77.3 cm³/mol. The number of phosphoric acid groups is 1. The Kier molecular flexibility index (Phi) is 6.55. The van der Waals surface area contributed by atoms with Crippen LogP contribution in [0, 0.1) is 6.92 Å². The number of aliphatic carboxylic acids is 2. The van der Waals surface area contributed by atoms with Gasteiger partial charge in [-0.25, -0.2) is 14.4 Å². The van der Waals surface area contributed by atoms with E-state index < -0.39 is 38.8 Å². The van der Waals surface area contributed by atoms with Crippen LogP contribution in [0.4, 0.5) is 0 Å². The molecule has 24 heavy (non-hydrogen) atoms. The maximum atomic E-state index is 11.0. The van der Waals surface area contributed by atoms with Gasteiger partial charge in [0.2, 0.25) is 0 Å². The minimum atomic E-state index is -4.77. The molecule has 0 fully saturated rings. The molecule has 0 amide bonds. The molecule has 0 aromatic carbocycles. The highest BCUT2D eigenvalue weighted by atomic mass is 31.2. The molecule has 0 bridgehead atoms. The van der Waals surface area contributed by atoms with Crippen LogP contribution < -0.4 is 4.99 Å². The van der Waals surface area contributed by atoms with E-state index in [1.165, 1.54) is 13.1 Å². The first kappa shape index (κ1) is 19.7. The van der Waals surface area contributed by atoms with Crippen LogP contribution in [-0.4, -0.2) is 54.3 Å². The van der Waals surface area contributed by atoms with Gasteiger partial charge in [-0.3, -0.25) is 14.3 Å². The SMILES string of the molecule is Cc1ncc(COP(=O)(O)O)c(C=[NH+]C(CC(=O)O)C(=O)O)c1O. The Hall–Kier alpha value is -2.33. The summed E-state index contributed by atoms with van der Waals surface area (Å²) in [5, 5.41) is 27.6. The lowest BCUT2D eigenvalue weighted by atomic mass is 10.1. The van der Waals surface area contributed by atoms with Crippen LogP contribution in [0.3, 0.4) is 0 Å². The number of rotatable bonds is 8.